The molecule has 1 aliphatic heterocycles. The van der Waals surface area contributed by atoms with Crippen LogP contribution < -0.4 is 5.73 Å². The summed E-state index contributed by atoms with van der Waals surface area (Å²) in [6, 6.07) is 0. The highest BCUT2D eigenvalue weighted by molar-refractivity contribution is 4.97. The lowest BCUT2D eigenvalue weighted by Crippen LogP contribution is -2.58. The van der Waals surface area contributed by atoms with E-state index in [0.29, 0.717) is 6.10 Å². The molecule has 2 fully saturated rings. The van der Waals surface area contributed by atoms with E-state index in [-0.39, 0.29) is 5.54 Å². The summed E-state index contributed by atoms with van der Waals surface area (Å²) in [6.07, 6.45) is 7.66. The van der Waals surface area contributed by atoms with Gasteiger partial charge in [-0.3, -0.25) is 4.90 Å². The Bertz CT molecular complexity index is 257. The quantitative estimate of drug-likeness (QED) is 0.825. The molecule has 1 heterocycles. The molecule has 2 rings (SSSR count). The Morgan fingerprint density at radius 2 is 1.74 bits per heavy atom. The van der Waals surface area contributed by atoms with Gasteiger partial charge in [0.1, 0.15) is 0 Å². The van der Waals surface area contributed by atoms with Gasteiger partial charge in [0, 0.05) is 32.9 Å². The molecule has 0 unspecified atom stereocenters. The summed E-state index contributed by atoms with van der Waals surface area (Å²) >= 11 is 0. The number of ether oxygens (including phenoxy) is 2. The van der Waals surface area contributed by atoms with Gasteiger partial charge in [0.05, 0.1) is 6.10 Å². The van der Waals surface area contributed by atoms with Crippen molar-refractivity contribution in [3.05, 3.63) is 0 Å². The molecular weight excluding hydrogens is 240 g/mol. The van der Waals surface area contributed by atoms with E-state index in [1.807, 2.05) is 7.11 Å². The van der Waals surface area contributed by atoms with Crippen LogP contribution in [-0.2, 0) is 9.47 Å². The van der Waals surface area contributed by atoms with E-state index < -0.39 is 0 Å². The first-order chi connectivity index (χ1) is 9.24. The molecule has 0 amide bonds. The number of nitrogens with zero attached hydrogens (tertiary/aromatic N) is 1. The molecule has 1 saturated carbocycles. The highest BCUT2D eigenvalue weighted by Crippen LogP contribution is 2.36. The Kier molecular flexibility index (Phi) is 5.63. The minimum absolute atomic E-state index is 0.243. The summed E-state index contributed by atoms with van der Waals surface area (Å²) in [7, 11) is 3.64. The van der Waals surface area contributed by atoms with E-state index >= 15 is 0 Å². The van der Waals surface area contributed by atoms with Crippen molar-refractivity contribution in [2.24, 2.45) is 11.7 Å². The summed E-state index contributed by atoms with van der Waals surface area (Å²) in [5.41, 5.74) is 6.39. The Hall–Kier alpha value is -0.160. The van der Waals surface area contributed by atoms with Crippen LogP contribution in [-0.4, -0.2) is 57.0 Å². The van der Waals surface area contributed by atoms with Crippen LogP contribution in [0.5, 0.6) is 0 Å². The van der Waals surface area contributed by atoms with Crippen molar-refractivity contribution in [3.63, 3.8) is 0 Å². The molecule has 1 aliphatic carbocycles. The lowest BCUT2D eigenvalue weighted by molar-refractivity contribution is -0.0255. The molecule has 19 heavy (non-hydrogen) atoms. The van der Waals surface area contributed by atoms with Gasteiger partial charge in [-0.05, 0) is 57.5 Å². The fourth-order valence-corrected chi connectivity index (χ4v) is 3.82. The van der Waals surface area contributed by atoms with Crippen molar-refractivity contribution in [3.8, 4) is 0 Å². The molecule has 0 aromatic carbocycles. The first-order valence-corrected chi connectivity index (χ1v) is 7.71. The molecule has 1 saturated heterocycles. The normalized spacial score (nSPS) is 34.6. The Morgan fingerprint density at radius 3 is 2.21 bits per heavy atom. The molecule has 0 aromatic rings. The predicted molar refractivity (Wildman–Crippen MR) is 77.2 cm³/mol. The van der Waals surface area contributed by atoms with Gasteiger partial charge in [0.15, 0.2) is 0 Å². The zero-order valence-electron chi connectivity index (χ0n) is 12.6. The van der Waals surface area contributed by atoms with Crippen molar-refractivity contribution < 1.29 is 9.47 Å². The third-order valence-electron chi connectivity index (χ3n) is 5.26. The zero-order valence-corrected chi connectivity index (χ0v) is 12.6. The average molecular weight is 270 g/mol. The summed E-state index contributed by atoms with van der Waals surface area (Å²) < 4.78 is 10.8. The van der Waals surface area contributed by atoms with Crippen LogP contribution in [0.2, 0.25) is 0 Å². The van der Waals surface area contributed by atoms with Crippen molar-refractivity contribution >= 4 is 0 Å². The Labute approximate surface area is 117 Å². The van der Waals surface area contributed by atoms with Gasteiger partial charge in [0.2, 0.25) is 0 Å². The first-order valence-electron chi connectivity index (χ1n) is 7.71. The van der Waals surface area contributed by atoms with E-state index in [4.69, 9.17) is 15.2 Å². The van der Waals surface area contributed by atoms with E-state index in [0.717, 1.165) is 31.9 Å². The zero-order chi connectivity index (χ0) is 13.7. The summed E-state index contributed by atoms with van der Waals surface area (Å²) in [6.45, 7) is 4.07. The highest BCUT2D eigenvalue weighted by atomic mass is 16.5. The van der Waals surface area contributed by atoms with Crippen molar-refractivity contribution in [2.45, 2.75) is 50.2 Å². The molecule has 2 aliphatic rings. The van der Waals surface area contributed by atoms with Crippen LogP contribution in [0, 0.1) is 5.92 Å². The molecule has 4 nitrogen and oxygen atoms in total. The summed E-state index contributed by atoms with van der Waals surface area (Å²) in [4.78, 5) is 2.66. The minimum Gasteiger partial charge on any atom is -0.384 e. The largest absolute Gasteiger partial charge is 0.384 e. The van der Waals surface area contributed by atoms with Gasteiger partial charge in [-0.25, -0.2) is 0 Å². The van der Waals surface area contributed by atoms with Gasteiger partial charge >= 0.3 is 0 Å². The number of methoxy groups -OCH3 is 2. The average Bonchev–Trinajstić information content (AvgIpc) is 2.48. The fourth-order valence-electron chi connectivity index (χ4n) is 3.82. The Balaban J connectivity index is 1.88. The minimum atomic E-state index is 0.243. The topological polar surface area (TPSA) is 47.7 Å². The number of nitrogens with two attached hydrogens (primary N) is 1. The van der Waals surface area contributed by atoms with Crippen LogP contribution >= 0.6 is 0 Å². The van der Waals surface area contributed by atoms with Gasteiger partial charge in [-0.15, -0.1) is 0 Å². The number of rotatable bonds is 5. The number of piperidine rings is 1. The second-order valence-electron chi connectivity index (χ2n) is 6.25. The van der Waals surface area contributed by atoms with Gasteiger partial charge in [-0.2, -0.15) is 0 Å². The summed E-state index contributed by atoms with van der Waals surface area (Å²) in [5, 5.41) is 0. The maximum Gasteiger partial charge on any atom is 0.0572 e. The highest BCUT2D eigenvalue weighted by Gasteiger charge is 2.40. The molecule has 0 spiro atoms. The van der Waals surface area contributed by atoms with Crippen LogP contribution in [0.3, 0.4) is 0 Å². The summed E-state index contributed by atoms with van der Waals surface area (Å²) in [5.74, 6) is 0.742. The lowest BCUT2D eigenvalue weighted by atomic mass is 9.77. The predicted octanol–water partition coefficient (Wildman–Crippen LogP) is 1.63. The van der Waals surface area contributed by atoms with E-state index in [9.17, 15) is 0 Å². The van der Waals surface area contributed by atoms with Gasteiger partial charge in [0.25, 0.3) is 0 Å². The SMILES string of the molecule is COCC1CCN(C2(CN)CCC(OC)CC2)CC1. The smallest absolute Gasteiger partial charge is 0.0572 e. The maximum atomic E-state index is 6.14. The number of hydrogen-bond acceptors (Lipinski definition) is 4. The maximum absolute atomic E-state index is 6.14. The van der Waals surface area contributed by atoms with Crippen molar-refractivity contribution in [1.29, 1.82) is 0 Å². The van der Waals surface area contributed by atoms with Crippen LogP contribution in [0.25, 0.3) is 0 Å². The molecule has 4 heteroatoms. The number of likely N-dealkylation sites (tertiary alicyclic amines) is 1. The van der Waals surface area contributed by atoms with Crippen LogP contribution in [0.1, 0.15) is 38.5 Å². The fraction of sp³-hybridized carbons (Fsp3) is 1.00. The molecule has 0 atom stereocenters. The van der Waals surface area contributed by atoms with Gasteiger partial charge in [-0.1, -0.05) is 0 Å². The first kappa shape index (κ1) is 15.2. The second kappa shape index (κ2) is 7.02. The van der Waals surface area contributed by atoms with Crippen molar-refractivity contribution in [2.75, 3.05) is 40.5 Å². The molecule has 112 valence electrons. The molecule has 2 N–H and O–H groups in total. The second-order valence-corrected chi connectivity index (χ2v) is 6.25. The third kappa shape index (κ3) is 3.48. The molecular formula is C15H30N2O2. The van der Waals surface area contributed by atoms with Crippen LogP contribution in [0.4, 0.5) is 0 Å². The number of hydrogen-bond donors (Lipinski definition) is 1. The monoisotopic (exact) mass is 270 g/mol. The molecule has 0 radical (unpaired) electrons. The van der Waals surface area contributed by atoms with Crippen molar-refractivity contribution in [1.82, 2.24) is 4.90 Å². The van der Waals surface area contributed by atoms with E-state index in [1.54, 1.807) is 7.11 Å². The van der Waals surface area contributed by atoms with E-state index in [1.165, 1.54) is 38.8 Å². The Morgan fingerprint density at radius 1 is 1.11 bits per heavy atom. The molecule has 0 aromatic heterocycles. The lowest BCUT2D eigenvalue weighted by Gasteiger charge is -2.49. The molecule has 0 bridgehead atoms. The van der Waals surface area contributed by atoms with E-state index in [2.05, 4.69) is 4.90 Å². The van der Waals surface area contributed by atoms with Crippen LogP contribution in [0.15, 0.2) is 0 Å². The standard InChI is InChI=1S/C15H30N2O2/c1-18-11-13-5-9-17(10-6-13)15(12-16)7-3-14(19-2)4-8-15/h13-14H,3-12,16H2,1-2H3. The third-order valence-corrected chi connectivity index (χ3v) is 5.26. The van der Waals surface area contributed by atoms with Gasteiger partial charge < -0.3 is 15.2 Å².